The highest BCUT2D eigenvalue weighted by atomic mass is 31.2. The van der Waals surface area contributed by atoms with Gasteiger partial charge in [0.15, 0.2) is 0 Å². The molecule has 0 spiro atoms. The molecular formula is C7H17N2O5P. The second kappa shape index (κ2) is 6.92. The van der Waals surface area contributed by atoms with Crippen LogP contribution in [0.2, 0.25) is 0 Å². The van der Waals surface area contributed by atoms with Crippen LogP contribution in [0.5, 0.6) is 0 Å². The molecule has 0 bridgehead atoms. The number of carbonyl (C=O) groups is 1. The van der Waals surface area contributed by atoms with Crippen molar-refractivity contribution < 1.29 is 24.3 Å². The Morgan fingerprint density at radius 3 is 2.40 bits per heavy atom. The van der Waals surface area contributed by atoms with Gasteiger partial charge in [0.1, 0.15) is 6.04 Å². The molecule has 0 saturated carbocycles. The van der Waals surface area contributed by atoms with Crippen LogP contribution in [0.3, 0.4) is 0 Å². The minimum Gasteiger partial charge on any atom is -0.480 e. The van der Waals surface area contributed by atoms with E-state index in [4.69, 9.17) is 20.6 Å². The first-order chi connectivity index (χ1) is 6.87. The van der Waals surface area contributed by atoms with Gasteiger partial charge in [0.25, 0.3) is 0 Å². The number of hydrogen-bond donors (Lipinski definition) is 5. The predicted octanol–water partition coefficient (Wildman–Crippen LogP) is -0.707. The van der Waals surface area contributed by atoms with Gasteiger partial charge in [-0.15, -0.1) is 0 Å². The van der Waals surface area contributed by atoms with Crippen LogP contribution in [0.1, 0.15) is 19.3 Å². The van der Waals surface area contributed by atoms with Crippen LogP contribution in [0.15, 0.2) is 0 Å². The molecule has 15 heavy (non-hydrogen) atoms. The van der Waals surface area contributed by atoms with Gasteiger partial charge in [-0.05, 0) is 19.4 Å². The lowest BCUT2D eigenvalue weighted by atomic mass is 10.1. The molecule has 1 unspecified atom stereocenters. The van der Waals surface area contributed by atoms with Gasteiger partial charge >= 0.3 is 13.6 Å². The standard InChI is InChI=1S/C7H17N2O5P/c8-4-2-1-3-6(7(10)11)9-5-15(12,13)14/h6,9H,1-5,8H2,(H,10,11)(H2,12,13,14). The van der Waals surface area contributed by atoms with E-state index >= 15 is 0 Å². The van der Waals surface area contributed by atoms with Gasteiger partial charge in [-0.2, -0.15) is 0 Å². The number of aliphatic carboxylic acids is 1. The lowest BCUT2D eigenvalue weighted by molar-refractivity contribution is -0.139. The predicted molar refractivity (Wildman–Crippen MR) is 54.4 cm³/mol. The zero-order valence-electron chi connectivity index (χ0n) is 8.30. The zero-order valence-corrected chi connectivity index (χ0v) is 9.19. The summed E-state index contributed by atoms with van der Waals surface area (Å²) in [5.41, 5.74) is 5.24. The average molecular weight is 240 g/mol. The number of carboxylic acid groups (broad SMARTS) is 1. The summed E-state index contributed by atoms with van der Waals surface area (Å²) in [4.78, 5) is 27.8. The third-order valence-corrected chi connectivity index (χ3v) is 2.38. The second-order valence-electron chi connectivity index (χ2n) is 3.20. The Balaban J connectivity index is 3.95. The van der Waals surface area contributed by atoms with Crippen molar-refractivity contribution in [3.05, 3.63) is 0 Å². The van der Waals surface area contributed by atoms with Crippen molar-refractivity contribution >= 4 is 13.6 Å². The maximum Gasteiger partial charge on any atom is 0.339 e. The van der Waals surface area contributed by atoms with Crippen molar-refractivity contribution in [1.29, 1.82) is 0 Å². The Morgan fingerprint density at radius 1 is 1.40 bits per heavy atom. The Bertz CT molecular complexity index is 242. The first kappa shape index (κ1) is 14.5. The minimum absolute atomic E-state index is 0.312. The van der Waals surface area contributed by atoms with Gasteiger partial charge < -0.3 is 20.6 Å². The molecule has 0 heterocycles. The van der Waals surface area contributed by atoms with Crippen LogP contribution in [-0.2, 0) is 9.36 Å². The fourth-order valence-electron chi connectivity index (χ4n) is 1.03. The summed E-state index contributed by atoms with van der Waals surface area (Å²) in [7, 11) is -4.20. The quantitative estimate of drug-likeness (QED) is 0.279. The first-order valence-corrected chi connectivity index (χ1v) is 6.37. The molecule has 0 aliphatic carbocycles. The van der Waals surface area contributed by atoms with E-state index in [0.717, 1.165) is 0 Å². The maximum absolute atomic E-state index is 10.7. The van der Waals surface area contributed by atoms with Crippen molar-refractivity contribution in [3.8, 4) is 0 Å². The number of nitrogens with one attached hydrogen (secondary N) is 1. The van der Waals surface area contributed by atoms with Crippen molar-refractivity contribution in [2.45, 2.75) is 25.3 Å². The number of nitrogens with two attached hydrogens (primary N) is 1. The molecule has 0 radical (unpaired) electrons. The molecule has 8 heteroatoms. The van der Waals surface area contributed by atoms with Gasteiger partial charge in [-0.3, -0.25) is 14.7 Å². The van der Waals surface area contributed by atoms with E-state index in [-0.39, 0.29) is 0 Å². The Kier molecular flexibility index (Phi) is 6.71. The molecule has 0 aromatic carbocycles. The molecule has 0 aromatic heterocycles. The summed E-state index contributed by atoms with van der Waals surface area (Å²) < 4.78 is 10.5. The number of unbranched alkanes of at least 4 members (excludes halogenated alkanes) is 1. The molecule has 0 rings (SSSR count). The van der Waals surface area contributed by atoms with Crippen LogP contribution >= 0.6 is 7.60 Å². The van der Waals surface area contributed by atoms with Crippen LogP contribution in [0.4, 0.5) is 0 Å². The minimum atomic E-state index is -4.20. The van der Waals surface area contributed by atoms with Crippen LogP contribution < -0.4 is 11.1 Å². The van der Waals surface area contributed by atoms with Crippen LogP contribution in [0, 0.1) is 0 Å². The molecule has 1 atom stereocenters. The summed E-state index contributed by atoms with van der Waals surface area (Å²) in [6.07, 6.45) is 1.00. The molecule has 0 fully saturated rings. The lowest BCUT2D eigenvalue weighted by Crippen LogP contribution is -2.37. The van der Waals surface area contributed by atoms with E-state index in [9.17, 15) is 9.36 Å². The molecule has 0 aromatic rings. The monoisotopic (exact) mass is 240 g/mol. The molecular weight excluding hydrogens is 223 g/mol. The molecule has 7 nitrogen and oxygen atoms in total. The van der Waals surface area contributed by atoms with Crippen molar-refractivity contribution in [2.75, 3.05) is 12.8 Å². The summed E-state index contributed by atoms with van der Waals surface area (Å²) in [6.45, 7) is 0.477. The third kappa shape index (κ3) is 8.53. The summed E-state index contributed by atoms with van der Waals surface area (Å²) in [5.74, 6) is -1.11. The Morgan fingerprint density at radius 2 is 2.00 bits per heavy atom. The smallest absolute Gasteiger partial charge is 0.339 e. The Hall–Kier alpha value is -0.460. The first-order valence-electron chi connectivity index (χ1n) is 4.57. The molecule has 0 saturated heterocycles. The number of rotatable bonds is 8. The molecule has 90 valence electrons. The molecule has 0 aliphatic heterocycles. The zero-order chi connectivity index (χ0) is 11.9. The van der Waals surface area contributed by atoms with E-state index in [2.05, 4.69) is 5.32 Å². The van der Waals surface area contributed by atoms with E-state index in [1.165, 1.54) is 0 Å². The van der Waals surface area contributed by atoms with Crippen molar-refractivity contribution in [3.63, 3.8) is 0 Å². The Labute approximate surface area is 87.8 Å². The van der Waals surface area contributed by atoms with Gasteiger partial charge in [-0.25, -0.2) is 0 Å². The summed E-state index contributed by atoms with van der Waals surface area (Å²) in [5, 5.41) is 11.0. The van der Waals surface area contributed by atoms with E-state index < -0.39 is 25.9 Å². The fourth-order valence-corrected chi connectivity index (χ4v) is 1.49. The highest BCUT2D eigenvalue weighted by Crippen LogP contribution is 2.32. The summed E-state index contributed by atoms with van der Waals surface area (Å²) in [6, 6.07) is -0.927. The normalized spacial score (nSPS) is 13.8. The van der Waals surface area contributed by atoms with Crippen LogP contribution in [-0.4, -0.2) is 39.7 Å². The van der Waals surface area contributed by atoms with Gasteiger partial charge in [0.2, 0.25) is 0 Å². The highest BCUT2D eigenvalue weighted by Gasteiger charge is 2.20. The van der Waals surface area contributed by atoms with E-state index in [0.29, 0.717) is 25.8 Å². The fraction of sp³-hybridized carbons (Fsp3) is 0.857. The second-order valence-corrected chi connectivity index (χ2v) is 4.85. The molecule has 0 aliphatic rings. The van der Waals surface area contributed by atoms with Crippen molar-refractivity contribution in [2.24, 2.45) is 5.73 Å². The van der Waals surface area contributed by atoms with E-state index in [1.54, 1.807) is 0 Å². The van der Waals surface area contributed by atoms with Gasteiger partial charge in [-0.1, -0.05) is 6.42 Å². The SMILES string of the molecule is NCCCCC(NCP(=O)(O)O)C(=O)O. The molecule has 0 amide bonds. The summed E-state index contributed by atoms with van der Waals surface area (Å²) >= 11 is 0. The highest BCUT2D eigenvalue weighted by molar-refractivity contribution is 7.51. The van der Waals surface area contributed by atoms with Crippen LogP contribution in [0.25, 0.3) is 0 Å². The van der Waals surface area contributed by atoms with Gasteiger partial charge in [0, 0.05) is 0 Å². The average Bonchev–Trinajstić information content (AvgIpc) is 2.08. The maximum atomic E-state index is 10.7. The third-order valence-electron chi connectivity index (χ3n) is 1.79. The lowest BCUT2D eigenvalue weighted by Gasteiger charge is -2.14. The number of hydrogen-bond acceptors (Lipinski definition) is 4. The number of carboxylic acids is 1. The topological polar surface area (TPSA) is 133 Å². The van der Waals surface area contributed by atoms with Gasteiger partial charge in [0.05, 0.1) is 6.29 Å². The largest absolute Gasteiger partial charge is 0.480 e. The molecule has 6 N–H and O–H groups in total. The van der Waals surface area contributed by atoms with Crippen molar-refractivity contribution in [1.82, 2.24) is 5.32 Å². The van der Waals surface area contributed by atoms with E-state index in [1.807, 2.05) is 0 Å².